The first kappa shape index (κ1) is 22.2. The van der Waals surface area contributed by atoms with Crippen molar-refractivity contribution in [3.8, 4) is 11.5 Å². The second-order valence-corrected chi connectivity index (χ2v) is 7.20. The van der Waals surface area contributed by atoms with Gasteiger partial charge in [-0.15, -0.1) is 0 Å². The van der Waals surface area contributed by atoms with Gasteiger partial charge in [-0.25, -0.2) is 0 Å². The van der Waals surface area contributed by atoms with Crippen LogP contribution in [0.3, 0.4) is 0 Å². The number of carbonyl (C=O) groups excluding carboxylic acids is 2. The Balaban J connectivity index is 1.72. The number of nitrogens with one attached hydrogen (secondary N) is 3. The highest BCUT2D eigenvalue weighted by atomic mass is 32.1. The van der Waals surface area contributed by atoms with Crippen LogP contribution in [0.4, 0.5) is 0 Å². The van der Waals surface area contributed by atoms with Gasteiger partial charge >= 0.3 is 0 Å². The maximum Gasteiger partial charge on any atom is 0.276 e. The summed E-state index contributed by atoms with van der Waals surface area (Å²) in [7, 11) is 0. The Bertz CT molecular complexity index is 853. The lowest BCUT2D eigenvalue weighted by atomic mass is 10.2. The predicted octanol–water partition coefficient (Wildman–Crippen LogP) is 2.74. The van der Waals surface area contributed by atoms with Gasteiger partial charge in [0.15, 0.2) is 11.7 Å². The Labute approximate surface area is 175 Å². The Kier molecular flexibility index (Phi) is 8.42. The van der Waals surface area contributed by atoms with Crippen molar-refractivity contribution in [2.45, 2.75) is 20.8 Å². The monoisotopic (exact) mass is 415 g/mol. The SMILES string of the molecule is Cc1cccc(OCC(=O)NNC(=S)NC(=O)c2ccc(OCC(C)C)cc2)c1. The molecule has 0 atom stereocenters. The van der Waals surface area contributed by atoms with Gasteiger partial charge in [-0.2, -0.15) is 0 Å². The molecule has 0 aliphatic rings. The minimum Gasteiger partial charge on any atom is -0.493 e. The van der Waals surface area contributed by atoms with E-state index in [-0.39, 0.29) is 11.7 Å². The van der Waals surface area contributed by atoms with E-state index in [9.17, 15) is 9.59 Å². The van der Waals surface area contributed by atoms with Gasteiger partial charge in [-0.05, 0) is 67.0 Å². The van der Waals surface area contributed by atoms with Gasteiger partial charge in [0.1, 0.15) is 11.5 Å². The lowest BCUT2D eigenvalue weighted by molar-refractivity contribution is -0.123. The molecule has 2 amide bonds. The minimum absolute atomic E-state index is 0.0287. The molecule has 29 heavy (non-hydrogen) atoms. The summed E-state index contributed by atoms with van der Waals surface area (Å²) in [6, 6.07) is 14.1. The van der Waals surface area contributed by atoms with Gasteiger partial charge in [0.05, 0.1) is 6.61 Å². The Morgan fingerprint density at radius 1 is 1.00 bits per heavy atom. The first-order chi connectivity index (χ1) is 13.8. The molecule has 3 N–H and O–H groups in total. The van der Waals surface area contributed by atoms with E-state index in [1.807, 2.05) is 25.1 Å². The van der Waals surface area contributed by atoms with Crippen LogP contribution in [-0.4, -0.2) is 30.1 Å². The van der Waals surface area contributed by atoms with Crippen LogP contribution < -0.4 is 25.6 Å². The van der Waals surface area contributed by atoms with E-state index in [1.54, 1.807) is 30.3 Å². The number of hydrazine groups is 1. The van der Waals surface area contributed by atoms with Crippen molar-refractivity contribution in [3.05, 3.63) is 59.7 Å². The zero-order valence-corrected chi connectivity index (χ0v) is 17.5. The van der Waals surface area contributed by atoms with E-state index < -0.39 is 11.8 Å². The molecule has 0 aliphatic heterocycles. The number of hydrogen-bond acceptors (Lipinski definition) is 5. The second kappa shape index (κ2) is 11.0. The van der Waals surface area contributed by atoms with E-state index in [0.29, 0.717) is 29.6 Å². The number of carbonyl (C=O) groups is 2. The maximum absolute atomic E-state index is 12.2. The first-order valence-electron chi connectivity index (χ1n) is 9.16. The molecule has 8 heteroatoms. The highest BCUT2D eigenvalue weighted by Crippen LogP contribution is 2.13. The van der Waals surface area contributed by atoms with Gasteiger partial charge in [-0.3, -0.25) is 25.8 Å². The van der Waals surface area contributed by atoms with Crippen molar-refractivity contribution in [1.29, 1.82) is 0 Å². The minimum atomic E-state index is -0.435. The summed E-state index contributed by atoms with van der Waals surface area (Å²) in [5.74, 6) is 0.866. The van der Waals surface area contributed by atoms with Crippen LogP contribution >= 0.6 is 12.2 Å². The van der Waals surface area contributed by atoms with E-state index in [0.717, 1.165) is 5.56 Å². The van der Waals surface area contributed by atoms with Crippen molar-refractivity contribution >= 4 is 29.1 Å². The molecule has 2 aromatic carbocycles. The predicted molar refractivity (Wildman–Crippen MR) is 115 cm³/mol. The van der Waals surface area contributed by atoms with Gasteiger partial charge in [-0.1, -0.05) is 26.0 Å². The molecule has 0 heterocycles. The molecule has 0 aliphatic carbocycles. The number of aryl methyl sites for hydroxylation is 1. The number of thiocarbonyl (C=S) groups is 1. The zero-order chi connectivity index (χ0) is 21.2. The summed E-state index contributed by atoms with van der Waals surface area (Å²) in [6.45, 7) is 6.46. The van der Waals surface area contributed by atoms with Crippen LogP contribution in [0.25, 0.3) is 0 Å². The molecule has 2 rings (SSSR count). The van der Waals surface area contributed by atoms with Crippen LogP contribution in [0.1, 0.15) is 29.8 Å². The number of hydrogen-bond donors (Lipinski definition) is 3. The third kappa shape index (κ3) is 8.18. The van der Waals surface area contributed by atoms with Crippen LogP contribution in [0, 0.1) is 12.8 Å². The molecule has 0 fully saturated rings. The fraction of sp³-hybridized carbons (Fsp3) is 0.286. The summed E-state index contributed by atoms with van der Waals surface area (Å²) >= 11 is 5.02. The normalized spacial score (nSPS) is 10.2. The summed E-state index contributed by atoms with van der Waals surface area (Å²) in [4.78, 5) is 24.0. The number of ether oxygens (including phenoxy) is 2. The van der Waals surface area contributed by atoms with E-state index in [2.05, 4.69) is 30.0 Å². The lowest BCUT2D eigenvalue weighted by Gasteiger charge is -2.12. The zero-order valence-electron chi connectivity index (χ0n) is 16.7. The second-order valence-electron chi connectivity index (χ2n) is 6.79. The van der Waals surface area contributed by atoms with Gasteiger partial charge in [0.25, 0.3) is 11.8 Å². The average Bonchev–Trinajstić information content (AvgIpc) is 2.69. The molecular weight excluding hydrogens is 390 g/mol. The van der Waals surface area contributed by atoms with Crippen molar-refractivity contribution in [2.24, 2.45) is 5.92 Å². The molecule has 7 nitrogen and oxygen atoms in total. The molecule has 0 unspecified atom stereocenters. The fourth-order valence-corrected chi connectivity index (χ4v) is 2.33. The Morgan fingerprint density at radius 2 is 1.72 bits per heavy atom. The number of rotatable bonds is 7. The third-order valence-electron chi connectivity index (χ3n) is 3.60. The molecule has 2 aromatic rings. The highest BCUT2D eigenvalue weighted by molar-refractivity contribution is 7.80. The number of benzene rings is 2. The fourth-order valence-electron chi connectivity index (χ4n) is 2.19. The molecule has 0 radical (unpaired) electrons. The van der Waals surface area contributed by atoms with Crippen LogP contribution in [0.2, 0.25) is 0 Å². The molecule has 0 spiro atoms. The van der Waals surface area contributed by atoms with Crippen LogP contribution in [0.15, 0.2) is 48.5 Å². The van der Waals surface area contributed by atoms with Crippen molar-refractivity contribution < 1.29 is 19.1 Å². The van der Waals surface area contributed by atoms with Crippen molar-refractivity contribution in [2.75, 3.05) is 13.2 Å². The molecule has 0 bridgehead atoms. The van der Waals surface area contributed by atoms with Gasteiger partial charge in [0.2, 0.25) is 0 Å². The largest absolute Gasteiger partial charge is 0.493 e. The standard InChI is InChI=1S/C21H25N3O4S/c1-14(2)12-27-17-9-7-16(8-10-17)20(26)22-21(29)24-23-19(25)13-28-18-6-4-5-15(3)11-18/h4-11,14H,12-13H2,1-3H3,(H,23,25)(H2,22,24,26,29). The number of amides is 2. The van der Waals surface area contributed by atoms with E-state index in [4.69, 9.17) is 21.7 Å². The molecule has 0 saturated heterocycles. The topological polar surface area (TPSA) is 88.7 Å². The summed E-state index contributed by atoms with van der Waals surface area (Å²) in [6.07, 6.45) is 0. The highest BCUT2D eigenvalue weighted by Gasteiger charge is 2.09. The Hall–Kier alpha value is -3.13. The molecule has 0 saturated carbocycles. The molecule has 0 aromatic heterocycles. The summed E-state index contributed by atoms with van der Waals surface area (Å²) in [5.41, 5.74) is 6.29. The van der Waals surface area contributed by atoms with E-state index >= 15 is 0 Å². The average molecular weight is 416 g/mol. The van der Waals surface area contributed by atoms with Gasteiger partial charge < -0.3 is 9.47 Å². The summed E-state index contributed by atoms with van der Waals surface area (Å²) in [5, 5.41) is 2.46. The third-order valence-corrected chi connectivity index (χ3v) is 3.81. The first-order valence-corrected chi connectivity index (χ1v) is 9.57. The lowest BCUT2D eigenvalue weighted by Crippen LogP contribution is -2.49. The quantitative estimate of drug-likeness (QED) is 0.476. The van der Waals surface area contributed by atoms with Crippen LogP contribution in [-0.2, 0) is 4.79 Å². The van der Waals surface area contributed by atoms with Crippen molar-refractivity contribution in [3.63, 3.8) is 0 Å². The Morgan fingerprint density at radius 3 is 2.38 bits per heavy atom. The van der Waals surface area contributed by atoms with Crippen molar-refractivity contribution in [1.82, 2.24) is 16.2 Å². The smallest absolute Gasteiger partial charge is 0.276 e. The van der Waals surface area contributed by atoms with Crippen LogP contribution in [0.5, 0.6) is 11.5 Å². The molecular formula is C21H25N3O4S. The molecule has 154 valence electrons. The summed E-state index contributed by atoms with van der Waals surface area (Å²) < 4.78 is 11.0. The van der Waals surface area contributed by atoms with E-state index in [1.165, 1.54) is 0 Å². The maximum atomic E-state index is 12.2. The van der Waals surface area contributed by atoms with Gasteiger partial charge in [0, 0.05) is 5.56 Å².